The Morgan fingerprint density at radius 2 is 1.89 bits per heavy atom. The van der Waals surface area contributed by atoms with Crippen molar-refractivity contribution in [1.29, 1.82) is 0 Å². The molecule has 0 saturated heterocycles. The van der Waals surface area contributed by atoms with E-state index in [2.05, 4.69) is 16.0 Å². The van der Waals surface area contributed by atoms with Gasteiger partial charge in [0, 0.05) is 10.7 Å². The average molecular weight is 386 g/mol. The molecule has 1 aliphatic heterocycles. The topological polar surface area (TPSA) is 79.5 Å². The fraction of sp³-hybridized carbons (Fsp3) is 0.200. The lowest BCUT2D eigenvalue weighted by molar-refractivity contribution is -0.113. The largest absolute Gasteiger partial charge is 0.492 e. The molecule has 0 radical (unpaired) electrons. The molecule has 140 valence electrons. The number of halogens is 1. The lowest BCUT2D eigenvalue weighted by atomic mass is 9.94. The van der Waals surface area contributed by atoms with Crippen molar-refractivity contribution < 1.29 is 14.3 Å². The van der Waals surface area contributed by atoms with Gasteiger partial charge in [-0.3, -0.25) is 4.79 Å². The predicted molar refractivity (Wildman–Crippen MR) is 105 cm³/mol. The van der Waals surface area contributed by atoms with Crippen molar-refractivity contribution in [2.45, 2.75) is 19.9 Å². The SMILES string of the molecule is CCOc1ccccc1NC(=O)C1=C(C)NC(=O)N[C@H]1c1ccccc1Cl. The van der Waals surface area contributed by atoms with Crippen LogP contribution in [0.1, 0.15) is 25.5 Å². The van der Waals surface area contributed by atoms with Gasteiger partial charge in [-0.05, 0) is 37.6 Å². The maximum atomic E-state index is 13.1. The highest BCUT2D eigenvalue weighted by Crippen LogP contribution is 2.33. The molecular weight excluding hydrogens is 366 g/mol. The number of carbonyl (C=O) groups excluding carboxylic acids is 2. The molecule has 2 aromatic carbocycles. The number of urea groups is 1. The number of amides is 3. The maximum absolute atomic E-state index is 13.1. The van der Waals surface area contributed by atoms with Gasteiger partial charge in [-0.2, -0.15) is 0 Å². The number of carbonyl (C=O) groups is 2. The second-order valence-electron chi connectivity index (χ2n) is 5.97. The summed E-state index contributed by atoms with van der Waals surface area (Å²) >= 11 is 6.30. The molecule has 0 spiro atoms. The zero-order valence-corrected chi connectivity index (χ0v) is 15.8. The molecule has 0 fully saturated rings. The summed E-state index contributed by atoms with van der Waals surface area (Å²) in [5.74, 6) is 0.228. The molecule has 0 unspecified atom stereocenters. The maximum Gasteiger partial charge on any atom is 0.319 e. The number of nitrogens with one attached hydrogen (secondary N) is 3. The van der Waals surface area contributed by atoms with Crippen LogP contribution in [0.15, 0.2) is 59.8 Å². The second kappa shape index (κ2) is 8.14. The third kappa shape index (κ3) is 4.06. The van der Waals surface area contributed by atoms with Gasteiger partial charge < -0.3 is 20.7 Å². The number of benzene rings is 2. The highest BCUT2D eigenvalue weighted by Gasteiger charge is 2.32. The van der Waals surface area contributed by atoms with Gasteiger partial charge >= 0.3 is 6.03 Å². The van der Waals surface area contributed by atoms with Crippen LogP contribution in [-0.2, 0) is 4.79 Å². The Hall–Kier alpha value is -2.99. The number of hydrogen-bond acceptors (Lipinski definition) is 3. The van der Waals surface area contributed by atoms with Gasteiger partial charge in [0.1, 0.15) is 5.75 Å². The molecule has 3 N–H and O–H groups in total. The molecule has 0 bridgehead atoms. The summed E-state index contributed by atoms with van der Waals surface area (Å²) in [7, 11) is 0. The quantitative estimate of drug-likeness (QED) is 0.727. The van der Waals surface area contributed by atoms with Gasteiger partial charge in [0.15, 0.2) is 0 Å². The number of rotatable bonds is 5. The minimum absolute atomic E-state index is 0.350. The van der Waals surface area contributed by atoms with Crippen LogP contribution < -0.4 is 20.7 Å². The van der Waals surface area contributed by atoms with Gasteiger partial charge in [-0.15, -0.1) is 0 Å². The van der Waals surface area contributed by atoms with E-state index in [4.69, 9.17) is 16.3 Å². The molecule has 1 atom stereocenters. The Morgan fingerprint density at radius 1 is 1.19 bits per heavy atom. The van der Waals surface area contributed by atoms with Gasteiger partial charge in [0.2, 0.25) is 0 Å². The van der Waals surface area contributed by atoms with Crippen molar-refractivity contribution in [3.63, 3.8) is 0 Å². The number of hydrogen-bond donors (Lipinski definition) is 3. The number of ether oxygens (including phenoxy) is 1. The van der Waals surface area contributed by atoms with Crippen molar-refractivity contribution in [3.8, 4) is 5.75 Å². The summed E-state index contributed by atoms with van der Waals surface area (Å²) in [5.41, 5.74) is 2.06. The lowest BCUT2D eigenvalue weighted by Gasteiger charge is -2.29. The molecule has 3 rings (SSSR count). The third-order valence-corrected chi connectivity index (χ3v) is 4.51. The molecule has 7 heteroatoms. The van der Waals surface area contributed by atoms with Crippen molar-refractivity contribution in [1.82, 2.24) is 10.6 Å². The molecule has 1 heterocycles. The summed E-state index contributed by atoms with van der Waals surface area (Å²) in [5, 5.41) is 8.77. The molecule has 3 amide bonds. The van der Waals surface area contributed by atoms with Crippen LogP contribution >= 0.6 is 11.6 Å². The molecule has 1 aliphatic rings. The van der Waals surface area contributed by atoms with E-state index in [1.54, 1.807) is 37.3 Å². The van der Waals surface area contributed by atoms with Crippen LogP contribution in [0.2, 0.25) is 5.02 Å². The lowest BCUT2D eigenvalue weighted by Crippen LogP contribution is -2.46. The van der Waals surface area contributed by atoms with E-state index < -0.39 is 6.04 Å². The Morgan fingerprint density at radius 3 is 2.63 bits per heavy atom. The van der Waals surface area contributed by atoms with Crippen LogP contribution in [-0.4, -0.2) is 18.5 Å². The monoisotopic (exact) mass is 385 g/mol. The van der Waals surface area contributed by atoms with Crippen molar-refractivity contribution in [3.05, 3.63) is 70.4 Å². The number of anilines is 1. The highest BCUT2D eigenvalue weighted by atomic mass is 35.5. The summed E-state index contributed by atoms with van der Waals surface area (Å²) in [6.45, 7) is 4.04. The summed E-state index contributed by atoms with van der Waals surface area (Å²) < 4.78 is 5.56. The Bertz CT molecular complexity index is 911. The molecule has 6 nitrogen and oxygen atoms in total. The fourth-order valence-electron chi connectivity index (χ4n) is 2.98. The fourth-order valence-corrected chi connectivity index (χ4v) is 3.22. The minimum atomic E-state index is -0.660. The van der Waals surface area contributed by atoms with Gasteiger partial charge in [-0.1, -0.05) is 41.9 Å². The summed E-state index contributed by atoms with van der Waals surface area (Å²) in [6, 6.07) is 13.3. The predicted octanol–water partition coefficient (Wildman–Crippen LogP) is 4.01. The van der Waals surface area contributed by atoms with E-state index in [9.17, 15) is 9.59 Å². The van der Waals surface area contributed by atoms with Gasteiger partial charge in [0.05, 0.1) is 23.9 Å². The van der Waals surface area contributed by atoms with Crippen LogP contribution in [0.25, 0.3) is 0 Å². The molecule has 0 saturated carbocycles. The third-order valence-electron chi connectivity index (χ3n) is 4.17. The van der Waals surface area contributed by atoms with Crippen LogP contribution in [0.5, 0.6) is 5.75 Å². The average Bonchev–Trinajstić information content (AvgIpc) is 2.63. The first kappa shape index (κ1) is 18.8. The van der Waals surface area contributed by atoms with Crippen LogP contribution in [0.3, 0.4) is 0 Å². The van der Waals surface area contributed by atoms with Crippen LogP contribution in [0.4, 0.5) is 10.5 Å². The standard InChI is InChI=1S/C20H20ClN3O3/c1-3-27-16-11-7-6-10-15(16)23-19(25)17-12(2)22-20(26)24-18(17)13-8-4-5-9-14(13)21/h4-11,18H,3H2,1-2H3,(H,23,25)(H2,22,24,26)/t18-/m0/s1. The number of para-hydroxylation sites is 2. The van der Waals surface area contributed by atoms with E-state index in [1.165, 1.54) is 0 Å². The molecule has 27 heavy (non-hydrogen) atoms. The molecule has 0 aromatic heterocycles. The van der Waals surface area contributed by atoms with Crippen molar-refractivity contribution in [2.75, 3.05) is 11.9 Å². The van der Waals surface area contributed by atoms with E-state index in [0.717, 1.165) is 0 Å². The summed E-state index contributed by atoms with van der Waals surface area (Å²) in [6.07, 6.45) is 0. The van der Waals surface area contributed by atoms with E-state index in [0.29, 0.717) is 39.9 Å². The first-order valence-electron chi connectivity index (χ1n) is 8.57. The first-order chi connectivity index (χ1) is 13.0. The Balaban J connectivity index is 1.97. The van der Waals surface area contributed by atoms with Crippen molar-refractivity contribution >= 4 is 29.2 Å². The highest BCUT2D eigenvalue weighted by molar-refractivity contribution is 6.31. The smallest absolute Gasteiger partial charge is 0.319 e. The van der Waals surface area contributed by atoms with Gasteiger partial charge in [0.25, 0.3) is 5.91 Å². The molecule has 0 aliphatic carbocycles. The first-order valence-corrected chi connectivity index (χ1v) is 8.95. The Labute approximate surface area is 162 Å². The normalized spacial score (nSPS) is 16.4. The van der Waals surface area contributed by atoms with Crippen molar-refractivity contribution in [2.24, 2.45) is 0 Å². The molecule has 2 aromatic rings. The minimum Gasteiger partial charge on any atom is -0.492 e. The zero-order chi connectivity index (χ0) is 19.4. The second-order valence-corrected chi connectivity index (χ2v) is 6.38. The van der Waals surface area contributed by atoms with E-state index >= 15 is 0 Å². The van der Waals surface area contributed by atoms with Crippen LogP contribution in [0, 0.1) is 0 Å². The summed E-state index contributed by atoms with van der Waals surface area (Å²) in [4.78, 5) is 25.1. The van der Waals surface area contributed by atoms with E-state index in [-0.39, 0.29) is 11.9 Å². The number of allylic oxidation sites excluding steroid dienone is 1. The Kier molecular flexibility index (Phi) is 5.66. The van der Waals surface area contributed by atoms with Gasteiger partial charge in [-0.25, -0.2) is 4.79 Å². The zero-order valence-electron chi connectivity index (χ0n) is 15.0. The van der Waals surface area contributed by atoms with E-state index in [1.807, 2.05) is 25.1 Å². The molecular formula is C20H20ClN3O3.